The molecule has 0 radical (unpaired) electrons. The molecule has 0 aliphatic heterocycles. The number of nitrogens with zero attached hydrogens (tertiary/aromatic N) is 1. The Bertz CT molecular complexity index is 698. The van der Waals surface area contributed by atoms with Crippen molar-refractivity contribution in [2.75, 3.05) is 0 Å². The van der Waals surface area contributed by atoms with Gasteiger partial charge in [0.05, 0.1) is 5.69 Å². The minimum atomic E-state index is -0.836. The highest BCUT2D eigenvalue weighted by Gasteiger charge is 2.21. The second-order valence-electron chi connectivity index (χ2n) is 6.55. The molecule has 3 rings (SSSR count). The van der Waals surface area contributed by atoms with Crippen LogP contribution in [0.3, 0.4) is 0 Å². The normalized spacial score (nSPS) is 21.3. The molecule has 1 aliphatic rings. The van der Waals surface area contributed by atoms with Crippen LogP contribution in [-0.2, 0) is 0 Å². The van der Waals surface area contributed by atoms with Crippen LogP contribution in [-0.4, -0.2) is 4.98 Å². The molecular weight excluding hydrogens is 304 g/mol. The van der Waals surface area contributed by atoms with Gasteiger partial charge in [0.2, 0.25) is 0 Å². The zero-order valence-electron chi connectivity index (χ0n) is 14.0. The second kappa shape index (κ2) is 7.69. The molecule has 126 valence electrons. The quantitative estimate of drug-likeness (QED) is 0.603. The fraction of sp³-hybridized carbons (Fsp3) is 0.381. The summed E-state index contributed by atoms with van der Waals surface area (Å²) in [4.78, 5) is 4.46. The molecule has 1 saturated carbocycles. The maximum atomic E-state index is 13.4. The van der Waals surface area contributed by atoms with Gasteiger partial charge in [0.1, 0.15) is 0 Å². The molecule has 24 heavy (non-hydrogen) atoms. The fourth-order valence-corrected chi connectivity index (χ4v) is 3.45. The molecule has 1 aromatic carbocycles. The van der Waals surface area contributed by atoms with E-state index in [1.807, 2.05) is 12.3 Å². The van der Waals surface area contributed by atoms with Gasteiger partial charge in [0.15, 0.2) is 11.6 Å². The van der Waals surface area contributed by atoms with Crippen LogP contribution in [0.4, 0.5) is 8.78 Å². The predicted molar refractivity (Wildman–Crippen MR) is 93.7 cm³/mol. The lowest BCUT2D eigenvalue weighted by molar-refractivity contribution is 0.375. The van der Waals surface area contributed by atoms with Crippen LogP contribution < -0.4 is 0 Å². The molecule has 0 atom stereocenters. The van der Waals surface area contributed by atoms with Crippen molar-refractivity contribution >= 4 is 0 Å². The number of pyridine rings is 1. The molecular formula is C21H23F2N. The lowest BCUT2D eigenvalue weighted by Gasteiger charge is -2.27. The van der Waals surface area contributed by atoms with E-state index in [0.29, 0.717) is 17.2 Å². The van der Waals surface area contributed by atoms with Gasteiger partial charge < -0.3 is 0 Å². The summed E-state index contributed by atoms with van der Waals surface area (Å²) in [5, 5.41) is 0. The largest absolute Gasteiger partial charge is 0.256 e. The Morgan fingerprint density at radius 1 is 1.04 bits per heavy atom. The molecule has 0 bridgehead atoms. The molecule has 1 aliphatic carbocycles. The van der Waals surface area contributed by atoms with Gasteiger partial charge >= 0.3 is 0 Å². The van der Waals surface area contributed by atoms with Crippen LogP contribution in [0.5, 0.6) is 0 Å². The first-order valence-corrected chi connectivity index (χ1v) is 8.75. The lowest BCUT2D eigenvalue weighted by atomic mass is 9.79. The first-order valence-electron chi connectivity index (χ1n) is 8.75. The van der Waals surface area contributed by atoms with E-state index in [-0.39, 0.29) is 0 Å². The fourth-order valence-electron chi connectivity index (χ4n) is 3.45. The number of benzene rings is 1. The number of hydrogen-bond acceptors (Lipinski definition) is 1. The molecule has 0 N–H and O–H groups in total. The minimum absolute atomic E-state index is 0.558. The monoisotopic (exact) mass is 327 g/mol. The molecule has 0 unspecified atom stereocenters. The highest BCUT2D eigenvalue weighted by molar-refractivity contribution is 5.59. The van der Waals surface area contributed by atoms with Crippen LogP contribution in [0.15, 0.2) is 48.7 Å². The van der Waals surface area contributed by atoms with E-state index in [1.54, 1.807) is 6.07 Å². The van der Waals surface area contributed by atoms with E-state index in [2.05, 4.69) is 30.1 Å². The number of rotatable bonds is 4. The van der Waals surface area contributed by atoms with Gasteiger partial charge in [0, 0.05) is 11.8 Å². The van der Waals surface area contributed by atoms with Gasteiger partial charge in [-0.2, -0.15) is 0 Å². The van der Waals surface area contributed by atoms with E-state index in [4.69, 9.17) is 0 Å². The Balaban J connectivity index is 1.67. The van der Waals surface area contributed by atoms with Crippen LogP contribution in [0, 0.1) is 17.6 Å². The van der Waals surface area contributed by atoms with Crippen molar-refractivity contribution in [2.45, 2.75) is 44.9 Å². The first kappa shape index (κ1) is 16.8. The topological polar surface area (TPSA) is 12.9 Å². The number of hydrogen-bond donors (Lipinski definition) is 0. The zero-order valence-corrected chi connectivity index (χ0v) is 14.0. The molecule has 1 nitrogen and oxygen atoms in total. The summed E-state index contributed by atoms with van der Waals surface area (Å²) >= 11 is 0. The van der Waals surface area contributed by atoms with Crippen LogP contribution in [0.2, 0.25) is 0 Å². The Labute approximate surface area is 142 Å². The third kappa shape index (κ3) is 3.89. The standard InChI is InChI=1S/C21H23F2N/c1-2-3-4-15-5-7-16(8-6-15)18-10-12-21(24-14-18)17-9-11-19(22)20(23)13-17/h3-4,9-16H,2,5-8H2,1H3/b4-3+. The third-order valence-electron chi connectivity index (χ3n) is 4.89. The number of allylic oxidation sites excluding steroid dienone is 2. The van der Waals surface area contributed by atoms with Crippen molar-refractivity contribution < 1.29 is 8.78 Å². The third-order valence-corrected chi connectivity index (χ3v) is 4.89. The van der Waals surface area contributed by atoms with Crippen LogP contribution in [0.1, 0.15) is 50.5 Å². The van der Waals surface area contributed by atoms with E-state index >= 15 is 0 Å². The molecule has 0 spiro atoms. The molecule has 0 amide bonds. The molecule has 0 saturated heterocycles. The average molecular weight is 327 g/mol. The number of halogens is 2. The van der Waals surface area contributed by atoms with Crippen molar-refractivity contribution in [3.8, 4) is 11.3 Å². The molecule has 1 heterocycles. The number of aromatic nitrogens is 1. The maximum Gasteiger partial charge on any atom is 0.159 e. The lowest BCUT2D eigenvalue weighted by Crippen LogP contribution is -2.12. The van der Waals surface area contributed by atoms with Gasteiger partial charge in [-0.25, -0.2) is 8.78 Å². The minimum Gasteiger partial charge on any atom is -0.256 e. The van der Waals surface area contributed by atoms with Gasteiger partial charge in [-0.05, 0) is 73.8 Å². The Morgan fingerprint density at radius 2 is 1.83 bits per heavy atom. The van der Waals surface area contributed by atoms with E-state index in [0.717, 1.165) is 18.4 Å². The Morgan fingerprint density at radius 3 is 2.46 bits per heavy atom. The van der Waals surface area contributed by atoms with E-state index in [1.165, 1.54) is 37.3 Å². The van der Waals surface area contributed by atoms with Crippen molar-refractivity contribution in [3.05, 3.63) is 65.9 Å². The summed E-state index contributed by atoms with van der Waals surface area (Å²) in [6, 6.07) is 7.89. The highest BCUT2D eigenvalue weighted by atomic mass is 19.2. The smallest absolute Gasteiger partial charge is 0.159 e. The summed E-state index contributed by atoms with van der Waals surface area (Å²) < 4.78 is 26.4. The van der Waals surface area contributed by atoms with E-state index < -0.39 is 11.6 Å². The summed E-state index contributed by atoms with van der Waals surface area (Å²) in [6.07, 6.45) is 12.5. The Kier molecular flexibility index (Phi) is 5.39. The summed E-state index contributed by atoms with van der Waals surface area (Å²) in [5.41, 5.74) is 2.53. The molecule has 2 aromatic rings. The predicted octanol–water partition coefficient (Wildman–Crippen LogP) is 6.27. The second-order valence-corrected chi connectivity index (χ2v) is 6.55. The van der Waals surface area contributed by atoms with Crippen molar-refractivity contribution in [2.24, 2.45) is 5.92 Å². The maximum absolute atomic E-state index is 13.4. The SMILES string of the molecule is CC/C=C/C1CCC(c2ccc(-c3ccc(F)c(F)c3)nc2)CC1. The van der Waals surface area contributed by atoms with Crippen molar-refractivity contribution in [1.29, 1.82) is 0 Å². The highest BCUT2D eigenvalue weighted by Crippen LogP contribution is 2.36. The average Bonchev–Trinajstić information content (AvgIpc) is 2.63. The first-order chi connectivity index (χ1) is 11.7. The molecule has 1 fully saturated rings. The summed E-state index contributed by atoms with van der Waals surface area (Å²) in [7, 11) is 0. The van der Waals surface area contributed by atoms with Gasteiger partial charge in [-0.15, -0.1) is 0 Å². The van der Waals surface area contributed by atoms with Crippen LogP contribution in [0.25, 0.3) is 11.3 Å². The van der Waals surface area contributed by atoms with Gasteiger partial charge in [0.25, 0.3) is 0 Å². The van der Waals surface area contributed by atoms with Crippen molar-refractivity contribution in [1.82, 2.24) is 4.98 Å². The summed E-state index contributed by atoms with van der Waals surface area (Å²) in [6.45, 7) is 2.17. The molecule has 3 heteroatoms. The van der Waals surface area contributed by atoms with E-state index in [9.17, 15) is 8.78 Å². The van der Waals surface area contributed by atoms with Gasteiger partial charge in [-0.3, -0.25) is 4.98 Å². The molecule has 1 aromatic heterocycles. The van der Waals surface area contributed by atoms with Gasteiger partial charge in [-0.1, -0.05) is 25.1 Å². The zero-order chi connectivity index (χ0) is 16.9. The summed E-state index contributed by atoms with van der Waals surface area (Å²) in [5.74, 6) is -0.389. The Hall–Kier alpha value is -2.03. The van der Waals surface area contributed by atoms with Crippen molar-refractivity contribution in [3.63, 3.8) is 0 Å². The van der Waals surface area contributed by atoms with Crippen LogP contribution >= 0.6 is 0 Å².